The van der Waals surface area contributed by atoms with Gasteiger partial charge in [-0.15, -0.1) is 0 Å². The number of pyridine rings is 1. The largest absolute Gasteiger partial charge is 0.332 e. The molecular weight excluding hydrogens is 396 g/mol. The maximum Gasteiger partial charge on any atom is 0.332 e. The molecule has 31 heavy (non-hydrogen) atoms. The minimum absolute atomic E-state index is 0.0323. The van der Waals surface area contributed by atoms with Crippen LogP contribution in [-0.4, -0.2) is 36.1 Å². The van der Waals surface area contributed by atoms with Gasteiger partial charge in [-0.25, -0.2) is 9.78 Å². The second-order valence-corrected chi connectivity index (χ2v) is 7.63. The zero-order chi connectivity index (χ0) is 21.7. The molecule has 5 rings (SSSR count). The highest BCUT2D eigenvalue weighted by atomic mass is 16.2. The van der Waals surface area contributed by atoms with Gasteiger partial charge in [-0.3, -0.25) is 23.7 Å². The van der Waals surface area contributed by atoms with Crippen LogP contribution in [0.15, 0.2) is 58.6 Å². The summed E-state index contributed by atoms with van der Waals surface area (Å²) in [5.41, 5.74) is 3.74. The Balaban J connectivity index is 1.46. The van der Waals surface area contributed by atoms with Crippen LogP contribution in [-0.2, 0) is 31.9 Å². The third-order valence-electron chi connectivity index (χ3n) is 5.81. The Hall–Kier alpha value is -4.01. The number of carbonyl (C=O) groups excluding carboxylic acids is 1. The molecule has 4 heterocycles. The van der Waals surface area contributed by atoms with Crippen molar-refractivity contribution in [1.29, 1.82) is 0 Å². The Morgan fingerprint density at radius 3 is 2.58 bits per heavy atom. The molecular formula is C22H20N6O3. The van der Waals surface area contributed by atoms with Crippen molar-refractivity contribution in [3.8, 4) is 11.1 Å². The molecule has 1 amide bonds. The lowest BCUT2D eigenvalue weighted by atomic mass is 10.0. The zero-order valence-corrected chi connectivity index (χ0v) is 17.1. The van der Waals surface area contributed by atoms with Gasteiger partial charge in [0, 0.05) is 38.7 Å². The first-order valence-corrected chi connectivity index (χ1v) is 9.90. The Kier molecular flexibility index (Phi) is 4.32. The molecule has 0 N–H and O–H groups in total. The van der Waals surface area contributed by atoms with Gasteiger partial charge in [0.2, 0.25) is 5.91 Å². The molecule has 0 saturated carbocycles. The maximum atomic E-state index is 13.1. The highest BCUT2D eigenvalue weighted by molar-refractivity contribution is 5.96. The highest BCUT2D eigenvalue weighted by Crippen LogP contribution is 2.32. The van der Waals surface area contributed by atoms with Gasteiger partial charge < -0.3 is 9.47 Å². The molecule has 156 valence electrons. The van der Waals surface area contributed by atoms with Crippen LogP contribution in [0.5, 0.6) is 0 Å². The van der Waals surface area contributed by atoms with Gasteiger partial charge in [0.1, 0.15) is 6.54 Å². The molecule has 1 aliphatic rings. The predicted molar refractivity (Wildman–Crippen MR) is 116 cm³/mol. The van der Waals surface area contributed by atoms with E-state index in [4.69, 9.17) is 0 Å². The van der Waals surface area contributed by atoms with E-state index in [0.717, 1.165) is 33.4 Å². The standard InChI is InChI=1S/C22H20N6O3/c1-25-20-19(21(30)26(2)22(25)31)27(13-24-20)12-18(29)28-10-7-16-11-15(3-4-17(16)28)14-5-8-23-9-6-14/h3-6,8-9,11,13H,7,10,12H2,1-2H3. The Bertz CT molecular complexity index is 1450. The summed E-state index contributed by atoms with van der Waals surface area (Å²) < 4.78 is 3.85. The van der Waals surface area contributed by atoms with E-state index in [1.54, 1.807) is 24.3 Å². The summed E-state index contributed by atoms with van der Waals surface area (Å²) in [5, 5.41) is 0. The number of nitrogens with zero attached hydrogens (tertiary/aromatic N) is 6. The zero-order valence-electron chi connectivity index (χ0n) is 17.1. The van der Waals surface area contributed by atoms with Crippen LogP contribution in [0.4, 0.5) is 5.69 Å². The molecule has 1 aromatic carbocycles. The number of hydrogen-bond acceptors (Lipinski definition) is 5. The number of hydrogen-bond donors (Lipinski definition) is 0. The first kappa shape index (κ1) is 19.0. The van der Waals surface area contributed by atoms with E-state index in [0.29, 0.717) is 6.54 Å². The average Bonchev–Trinajstić information content (AvgIpc) is 3.41. The number of benzene rings is 1. The van der Waals surface area contributed by atoms with Gasteiger partial charge in [-0.1, -0.05) is 6.07 Å². The van der Waals surface area contributed by atoms with Gasteiger partial charge in [0.25, 0.3) is 5.56 Å². The molecule has 9 nitrogen and oxygen atoms in total. The molecule has 9 heteroatoms. The fraction of sp³-hybridized carbons (Fsp3) is 0.227. The van der Waals surface area contributed by atoms with E-state index in [9.17, 15) is 14.4 Å². The number of fused-ring (bicyclic) bond motifs is 2. The normalized spacial score (nSPS) is 13.0. The fourth-order valence-electron chi connectivity index (χ4n) is 4.13. The minimum Gasteiger partial charge on any atom is -0.315 e. The summed E-state index contributed by atoms with van der Waals surface area (Å²) >= 11 is 0. The number of amides is 1. The summed E-state index contributed by atoms with van der Waals surface area (Å²) in [5.74, 6) is -0.134. The molecule has 0 unspecified atom stereocenters. The van der Waals surface area contributed by atoms with Crippen LogP contribution in [0.3, 0.4) is 0 Å². The van der Waals surface area contributed by atoms with Crippen LogP contribution in [0.2, 0.25) is 0 Å². The lowest BCUT2D eigenvalue weighted by molar-refractivity contribution is -0.119. The fourth-order valence-corrected chi connectivity index (χ4v) is 4.13. The van der Waals surface area contributed by atoms with E-state index >= 15 is 0 Å². The van der Waals surface area contributed by atoms with E-state index in [1.165, 1.54) is 22.5 Å². The molecule has 0 bridgehead atoms. The number of aromatic nitrogens is 5. The molecule has 0 saturated heterocycles. The summed E-state index contributed by atoms with van der Waals surface area (Å²) in [6, 6.07) is 9.98. The second-order valence-electron chi connectivity index (χ2n) is 7.63. The molecule has 4 aromatic rings. The topological polar surface area (TPSA) is 95.0 Å². The third kappa shape index (κ3) is 2.97. The summed E-state index contributed by atoms with van der Waals surface area (Å²) in [4.78, 5) is 47.8. The maximum absolute atomic E-state index is 13.1. The van der Waals surface area contributed by atoms with Crippen molar-refractivity contribution in [2.75, 3.05) is 11.4 Å². The van der Waals surface area contributed by atoms with Crippen molar-refractivity contribution in [1.82, 2.24) is 23.7 Å². The van der Waals surface area contributed by atoms with Gasteiger partial charge in [0.15, 0.2) is 11.2 Å². The van der Waals surface area contributed by atoms with Crippen LogP contribution >= 0.6 is 0 Å². The smallest absolute Gasteiger partial charge is 0.315 e. The molecule has 0 aliphatic carbocycles. The molecule has 0 fully saturated rings. The van der Waals surface area contributed by atoms with E-state index < -0.39 is 11.2 Å². The van der Waals surface area contributed by atoms with Crippen LogP contribution < -0.4 is 16.1 Å². The van der Waals surface area contributed by atoms with Gasteiger partial charge >= 0.3 is 5.69 Å². The van der Waals surface area contributed by atoms with E-state index in [-0.39, 0.29) is 23.6 Å². The van der Waals surface area contributed by atoms with Crippen LogP contribution in [0.25, 0.3) is 22.3 Å². The van der Waals surface area contributed by atoms with Gasteiger partial charge in [0.05, 0.1) is 6.33 Å². The van der Waals surface area contributed by atoms with Gasteiger partial charge in [-0.05, 0) is 47.4 Å². The van der Waals surface area contributed by atoms with E-state index in [2.05, 4.69) is 16.0 Å². The lowest BCUT2D eigenvalue weighted by Crippen LogP contribution is -2.38. The number of carbonyl (C=O) groups is 1. The van der Waals surface area contributed by atoms with Crippen molar-refractivity contribution in [3.63, 3.8) is 0 Å². The lowest BCUT2D eigenvalue weighted by Gasteiger charge is -2.18. The summed E-state index contributed by atoms with van der Waals surface area (Å²) in [7, 11) is 2.97. The van der Waals surface area contributed by atoms with Crippen LogP contribution in [0.1, 0.15) is 5.56 Å². The first-order chi connectivity index (χ1) is 15.0. The Morgan fingerprint density at radius 1 is 1.03 bits per heavy atom. The predicted octanol–water partition coefficient (Wildman–Crippen LogP) is 1.08. The van der Waals surface area contributed by atoms with Crippen molar-refractivity contribution in [2.45, 2.75) is 13.0 Å². The van der Waals surface area contributed by atoms with Crippen molar-refractivity contribution >= 4 is 22.8 Å². The molecule has 0 atom stereocenters. The third-order valence-corrected chi connectivity index (χ3v) is 5.81. The summed E-state index contributed by atoms with van der Waals surface area (Å²) in [6.45, 7) is 0.548. The molecule has 1 aliphatic heterocycles. The van der Waals surface area contributed by atoms with Crippen molar-refractivity contribution < 1.29 is 4.79 Å². The van der Waals surface area contributed by atoms with Crippen molar-refractivity contribution in [2.24, 2.45) is 14.1 Å². The van der Waals surface area contributed by atoms with Crippen molar-refractivity contribution in [3.05, 3.63) is 75.5 Å². The number of aryl methyl sites for hydroxylation is 1. The molecule has 0 radical (unpaired) electrons. The second kappa shape index (κ2) is 7.05. The monoisotopic (exact) mass is 416 g/mol. The number of imidazole rings is 1. The Labute approximate surface area is 176 Å². The first-order valence-electron chi connectivity index (χ1n) is 9.90. The quantitative estimate of drug-likeness (QED) is 0.498. The highest BCUT2D eigenvalue weighted by Gasteiger charge is 2.26. The summed E-state index contributed by atoms with van der Waals surface area (Å²) in [6.07, 6.45) is 5.72. The molecule has 0 spiro atoms. The number of rotatable bonds is 3. The SMILES string of the molecule is Cn1c(=O)c2c(ncn2CC(=O)N2CCc3cc(-c4ccncc4)ccc32)n(C)c1=O. The minimum atomic E-state index is -0.466. The molecule has 3 aromatic heterocycles. The average molecular weight is 416 g/mol. The van der Waals surface area contributed by atoms with Gasteiger partial charge in [-0.2, -0.15) is 0 Å². The van der Waals surface area contributed by atoms with Crippen LogP contribution in [0, 0.1) is 0 Å². The van der Waals surface area contributed by atoms with E-state index in [1.807, 2.05) is 24.3 Å². The number of anilines is 1. The Morgan fingerprint density at radius 2 is 1.81 bits per heavy atom.